The Bertz CT molecular complexity index is 151. The van der Waals surface area contributed by atoms with E-state index in [1.54, 1.807) is 15.8 Å². The second kappa shape index (κ2) is 11.6. The van der Waals surface area contributed by atoms with Gasteiger partial charge in [0.15, 0.2) is 0 Å². The summed E-state index contributed by atoms with van der Waals surface area (Å²) < 4.78 is 0. The number of nitrogens with zero attached hydrogens (tertiary/aromatic N) is 1. The standard InChI is InChI=1S/C9H20N.2C3H7.Al/c1-5-9(6-2)10(7-3)8-4;2*1-3-2;/h9H,1,5-8H2,2-4H3;2*1,3H2,2H3;. The first-order chi connectivity index (χ1) is 8.23. The Hall–Kier alpha value is 0.492. The Morgan fingerprint density at radius 2 is 1.35 bits per heavy atom. The maximum atomic E-state index is 2.66. The molecule has 0 aliphatic rings. The molecular weight excluding hydrogens is 221 g/mol. The lowest BCUT2D eigenvalue weighted by atomic mass is 10.1. The minimum Gasteiger partial charge on any atom is -0.301 e. The van der Waals surface area contributed by atoms with Crippen molar-refractivity contribution >= 4 is 14.1 Å². The quantitative estimate of drug-likeness (QED) is 0.479. The van der Waals surface area contributed by atoms with Gasteiger partial charge in [0.25, 0.3) is 14.1 Å². The lowest BCUT2D eigenvalue weighted by Crippen LogP contribution is -2.35. The van der Waals surface area contributed by atoms with Gasteiger partial charge in [-0.2, -0.15) is 0 Å². The maximum absolute atomic E-state index is 2.66. The first kappa shape index (κ1) is 17.5. The Morgan fingerprint density at radius 3 is 1.71 bits per heavy atom. The van der Waals surface area contributed by atoms with Crippen molar-refractivity contribution in [2.45, 2.75) is 82.2 Å². The van der Waals surface area contributed by atoms with E-state index in [4.69, 9.17) is 0 Å². The van der Waals surface area contributed by atoms with Crippen LogP contribution < -0.4 is 0 Å². The Kier molecular flexibility index (Phi) is 11.9. The van der Waals surface area contributed by atoms with E-state index >= 15 is 0 Å². The lowest BCUT2D eigenvalue weighted by Gasteiger charge is -2.29. The summed E-state index contributed by atoms with van der Waals surface area (Å²) in [5.41, 5.74) is 0. The van der Waals surface area contributed by atoms with Crippen molar-refractivity contribution in [1.29, 1.82) is 0 Å². The summed E-state index contributed by atoms with van der Waals surface area (Å²) in [6.07, 6.45) is 5.63. The molecule has 0 saturated heterocycles. The van der Waals surface area contributed by atoms with Crippen LogP contribution in [0.2, 0.25) is 15.8 Å². The normalized spacial score (nSPS) is 13.1. The van der Waals surface area contributed by atoms with Crippen LogP contribution in [0.25, 0.3) is 0 Å². The second-order valence-electron chi connectivity index (χ2n) is 5.30. The van der Waals surface area contributed by atoms with Gasteiger partial charge in [-0.1, -0.05) is 63.3 Å². The van der Waals surface area contributed by atoms with Gasteiger partial charge in [-0.25, -0.2) is 0 Å². The molecule has 0 N–H and O–H groups in total. The van der Waals surface area contributed by atoms with Gasteiger partial charge in [0.2, 0.25) is 0 Å². The summed E-state index contributed by atoms with van der Waals surface area (Å²) in [5.74, 6) is 0. The number of hydrogen-bond acceptors (Lipinski definition) is 1. The Labute approximate surface area is 114 Å². The van der Waals surface area contributed by atoms with Crippen molar-refractivity contribution in [3.63, 3.8) is 0 Å². The molecule has 2 heteroatoms. The summed E-state index contributed by atoms with van der Waals surface area (Å²) in [6, 6.07) is 0.855. The molecule has 0 bridgehead atoms. The first-order valence-electron chi connectivity index (χ1n) is 7.97. The fourth-order valence-electron chi connectivity index (χ4n) is 3.06. The zero-order chi connectivity index (χ0) is 13.1. The van der Waals surface area contributed by atoms with E-state index in [2.05, 4.69) is 39.5 Å². The van der Waals surface area contributed by atoms with Crippen molar-refractivity contribution in [2.24, 2.45) is 0 Å². The van der Waals surface area contributed by atoms with Crippen LogP contribution in [-0.4, -0.2) is 38.2 Å². The van der Waals surface area contributed by atoms with Gasteiger partial charge in [-0.3, -0.25) is 0 Å². The maximum Gasteiger partial charge on any atom is 0.261 e. The van der Waals surface area contributed by atoms with Crippen LogP contribution in [0.4, 0.5) is 0 Å². The van der Waals surface area contributed by atoms with Gasteiger partial charge in [-0.05, 0) is 25.9 Å². The molecule has 0 radical (unpaired) electrons. The van der Waals surface area contributed by atoms with Crippen LogP contribution in [0, 0.1) is 0 Å². The zero-order valence-electron chi connectivity index (χ0n) is 13.0. The summed E-state index contributed by atoms with van der Waals surface area (Å²) >= 11 is -0.394. The molecule has 17 heavy (non-hydrogen) atoms. The van der Waals surface area contributed by atoms with E-state index in [-0.39, 0.29) is 0 Å². The third kappa shape index (κ3) is 7.50. The molecule has 0 amide bonds. The molecule has 1 nitrogen and oxygen atoms in total. The third-order valence-electron chi connectivity index (χ3n) is 4.10. The molecule has 1 unspecified atom stereocenters. The molecule has 0 aromatic carbocycles. The molecule has 0 aromatic rings. The van der Waals surface area contributed by atoms with Crippen LogP contribution >= 0.6 is 0 Å². The molecule has 0 heterocycles. The van der Waals surface area contributed by atoms with E-state index in [0.717, 1.165) is 6.04 Å². The molecule has 0 aliphatic heterocycles. The van der Waals surface area contributed by atoms with E-state index in [1.807, 2.05) is 0 Å². The third-order valence-corrected chi connectivity index (χ3v) is 8.04. The average molecular weight is 255 g/mol. The smallest absolute Gasteiger partial charge is 0.261 e. The summed E-state index contributed by atoms with van der Waals surface area (Å²) in [4.78, 5) is 2.66. The number of hydrogen-bond donors (Lipinski definition) is 0. The van der Waals surface area contributed by atoms with Gasteiger partial charge < -0.3 is 4.90 Å². The van der Waals surface area contributed by atoms with E-state index in [0.29, 0.717) is 0 Å². The van der Waals surface area contributed by atoms with Crippen molar-refractivity contribution in [1.82, 2.24) is 4.90 Å². The van der Waals surface area contributed by atoms with Gasteiger partial charge in [0.05, 0.1) is 0 Å². The van der Waals surface area contributed by atoms with Gasteiger partial charge in [0.1, 0.15) is 0 Å². The predicted molar refractivity (Wildman–Crippen MR) is 82.4 cm³/mol. The fourth-order valence-corrected chi connectivity index (χ4v) is 6.42. The summed E-state index contributed by atoms with van der Waals surface area (Å²) in [5, 5.41) is 4.72. The van der Waals surface area contributed by atoms with Crippen LogP contribution in [0.3, 0.4) is 0 Å². The van der Waals surface area contributed by atoms with Crippen molar-refractivity contribution < 1.29 is 0 Å². The largest absolute Gasteiger partial charge is 0.301 e. The Morgan fingerprint density at radius 1 is 0.824 bits per heavy atom. The Balaban J connectivity index is 4.08. The summed E-state index contributed by atoms with van der Waals surface area (Å²) in [6.45, 7) is 14.1. The van der Waals surface area contributed by atoms with E-state index < -0.39 is 14.1 Å². The van der Waals surface area contributed by atoms with Crippen molar-refractivity contribution in [3.05, 3.63) is 0 Å². The van der Waals surface area contributed by atoms with E-state index in [9.17, 15) is 0 Å². The molecule has 0 saturated carbocycles. The van der Waals surface area contributed by atoms with Gasteiger partial charge in [0, 0.05) is 6.04 Å². The van der Waals surface area contributed by atoms with Crippen molar-refractivity contribution in [2.75, 3.05) is 13.1 Å². The van der Waals surface area contributed by atoms with Gasteiger partial charge in [-0.15, -0.1) is 0 Å². The first-order valence-corrected chi connectivity index (χ1v) is 10.4. The SMILES string of the molecule is CC[CH2][Al]([CH2]CC)[CH2]CC(CC)N(CC)CC. The molecule has 0 aliphatic carbocycles. The predicted octanol–water partition coefficient (Wildman–Crippen LogP) is 4.81. The highest BCUT2D eigenvalue weighted by Crippen LogP contribution is 2.18. The highest BCUT2D eigenvalue weighted by atomic mass is 27.2. The zero-order valence-corrected chi connectivity index (χ0v) is 14.1. The molecule has 102 valence electrons. The fraction of sp³-hybridized carbons (Fsp3) is 1.00. The van der Waals surface area contributed by atoms with Crippen LogP contribution in [0.15, 0.2) is 0 Å². The summed E-state index contributed by atoms with van der Waals surface area (Å²) in [7, 11) is 0. The average Bonchev–Trinajstić information content (AvgIpc) is 2.34. The topological polar surface area (TPSA) is 3.24 Å². The monoisotopic (exact) mass is 255 g/mol. The van der Waals surface area contributed by atoms with Crippen LogP contribution in [-0.2, 0) is 0 Å². The minimum atomic E-state index is -0.394. The molecule has 0 aromatic heterocycles. The molecule has 1 atom stereocenters. The molecule has 0 fully saturated rings. The van der Waals surface area contributed by atoms with E-state index in [1.165, 1.54) is 38.8 Å². The highest BCUT2D eigenvalue weighted by Gasteiger charge is 2.19. The van der Waals surface area contributed by atoms with Crippen LogP contribution in [0.5, 0.6) is 0 Å². The van der Waals surface area contributed by atoms with Crippen LogP contribution in [0.1, 0.15) is 60.3 Å². The molecule has 0 spiro atoms. The van der Waals surface area contributed by atoms with Gasteiger partial charge >= 0.3 is 0 Å². The van der Waals surface area contributed by atoms with Crippen molar-refractivity contribution in [3.8, 4) is 0 Å². The lowest BCUT2D eigenvalue weighted by molar-refractivity contribution is 0.205. The minimum absolute atomic E-state index is 0.394. The molecule has 0 rings (SSSR count). The molecular formula is C15H34AlN. The second-order valence-corrected chi connectivity index (χ2v) is 8.77. The number of rotatable bonds is 11. The highest BCUT2D eigenvalue weighted by molar-refractivity contribution is 6.58.